The Bertz CT molecular complexity index is 1560. The normalized spacial score (nSPS) is 10.8. The summed E-state index contributed by atoms with van der Waals surface area (Å²) in [4.78, 5) is 37.8. The van der Waals surface area contributed by atoms with Crippen LogP contribution < -0.4 is 21.5 Å². The van der Waals surface area contributed by atoms with Crippen molar-refractivity contribution in [3.8, 4) is 23.4 Å². The molecule has 2 N–H and O–H groups in total. The number of H-pyrrole nitrogens is 2. The second-order valence-electron chi connectivity index (χ2n) is 6.33. The van der Waals surface area contributed by atoms with Gasteiger partial charge in [-0.15, -0.1) is 10.2 Å². The minimum Gasteiger partial charge on any atom is -0.434 e. The van der Waals surface area contributed by atoms with Crippen LogP contribution in [-0.2, 0) is 0 Å². The molecule has 0 spiro atoms. The molecule has 0 atom stereocenters. The van der Waals surface area contributed by atoms with Gasteiger partial charge in [0.25, 0.3) is 11.1 Å². The summed E-state index contributed by atoms with van der Waals surface area (Å²) in [6.07, 6.45) is 0. The summed E-state index contributed by atoms with van der Waals surface area (Å²) < 4.78 is 6.56. The monoisotopic (exact) mass is 456 g/mol. The highest BCUT2D eigenvalue weighted by atomic mass is 35.5. The van der Waals surface area contributed by atoms with E-state index in [1.54, 1.807) is 31.2 Å². The minimum atomic E-state index is -0.910. The van der Waals surface area contributed by atoms with Crippen LogP contribution in [0.15, 0.2) is 44.7 Å². The van der Waals surface area contributed by atoms with E-state index < -0.39 is 16.9 Å². The summed E-state index contributed by atoms with van der Waals surface area (Å²) in [5, 5.41) is 19.8. The number of ether oxygens (including phenoxy) is 1. The van der Waals surface area contributed by atoms with E-state index in [1.807, 2.05) is 4.98 Å². The van der Waals surface area contributed by atoms with E-state index in [2.05, 4.69) is 15.3 Å². The molecule has 0 aliphatic rings. The molecule has 0 fully saturated rings. The molecule has 4 rings (SSSR count). The predicted octanol–water partition coefficient (Wildman–Crippen LogP) is 2.44. The van der Waals surface area contributed by atoms with Crippen LogP contribution in [0.2, 0.25) is 10.0 Å². The largest absolute Gasteiger partial charge is 0.434 e. The highest BCUT2D eigenvalue weighted by Crippen LogP contribution is 2.39. The molecule has 0 bridgehead atoms. The van der Waals surface area contributed by atoms with Crippen LogP contribution in [0.4, 0.5) is 0 Å². The van der Waals surface area contributed by atoms with Crippen LogP contribution in [0.5, 0.6) is 11.6 Å². The van der Waals surface area contributed by atoms with E-state index in [9.17, 15) is 14.4 Å². The first-order valence-electron chi connectivity index (χ1n) is 8.59. The lowest BCUT2D eigenvalue weighted by Gasteiger charge is -2.13. The molecule has 2 aromatic heterocycles. The molecule has 4 aromatic rings. The number of aromatic nitrogens is 5. The summed E-state index contributed by atoms with van der Waals surface area (Å²) in [7, 11) is 0. The van der Waals surface area contributed by atoms with Gasteiger partial charge in [0.1, 0.15) is 6.07 Å². The van der Waals surface area contributed by atoms with E-state index in [0.717, 1.165) is 10.2 Å². The smallest absolute Gasteiger partial charge is 0.349 e. The number of fused-ring (bicyclic) bond motifs is 1. The second-order valence-corrected chi connectivity index (χ2v) is 7.14. The van der Waals surface area contributed by atoms with Gasteiger partial charge in [-0.3, -0.25) is 14.6 Å². The Morgan fingerprint density at radius 3 is 2.52 bits per heavy atom. The summed E-state index contributed by atoms with van der Waals surface area (Å²) in [6.45, 7) is 1.78. The van der Waals surface area contributed by atoms with Gasteiger partial charge in [-0.1, -0.05) is 35.3 Å². The maximum Gasteiger partial charge on any atom is 0.349 e. The predicted molar refractivity (Wildman–Crippen MR) is 112 cm³/mol. The van der Waals surface area contributed by atoms with Crippen LogP contribution >= 0.6 is 23.2 Å². The highest BCUT2D eigenvalue weighted by molar-refractivity contribution is 6.37. The number of aromatic amines is 2. The Morgan fingerprint density at radius 1 is 1.13 bits per heavy atom. The zero-order chi connectivity index (χ0) is 22.3. The first-order chi connectivity index (χ1) is 14.8. The van der Waals surface area contributed by atoms with Crippen molar-refractivity contribution in [2.75, 3.05) is 0 Å². The van der Waals surface area contributed by atoms with Crippen molar-refractivity contribution in [1.29, 1.82) is 5.26 Å². The Labute approximate surface area is 182 Å². The van der Waals surface area contributed by atoms with E-state index in [4.69, 9.17) is 33.2 Å². The van der Waals surface area contributed by atoms with Crippen LogP contribution in [0, 0.1) is 18.3 Å². The molecule has 10 nitrogen and oxygen atoms in total. The maximum atomic E-state index is 12.1. The van der Waals surface area contributed by atoms with Crippen molar-refractivity contribution in [3.63, 3.8) is 0 Å². The lowest BCUT2D eigenvalue weighted by atomic mass is 10.1. The van der Waals surface area contributed by atoms with Gasteiger partial charge in [0.05, 0.1) is 26.5 Å². The molecule has 31 heavy (non-hydrogen) atoms. The topological polar surface area (TPSA) is 147 Å². The number of nitrogens with zero attached hydrogens (tertiary/aromatic N) is 4. The standard InChI is InChI=1S/C19H10Cl2N6O4/c1-8-3-2-4-10-14(8)17(29)24-25-18(10)31-15-11(20)5-9(6-12(15)21)27-19(30)23-16(28)13(7-22)26-27/h2-6H,1H3,(H,24,29)(H,23,28,30). The first-order valence-corrected chi connectivity index (χ1v) is 9.34. The molecule has 154 valence electrons. The molecule has 2 heterocycles. The molecule has 0 amide bonds. The molecule has 0 saturated carbocycles. The third-order valence-electron chi connectivity index (χ3n) is 4.35. The van der Waals surface area contributed by atoms with E-state index >= 15 is 0 Å². The van der Waals surface area contributed by atoms with E-state index in [1.165, 1.54) is 12.1 Å². The van der Waals surface area contributed by atoms with Crippen LogP contribution in [-0.4, -0.2) is 25.0 Å². The third-order valence-corrected chi connectivity index (χ3v) is 4.91. The minimum absolute atomic E-state index is 0.00490. The van der Waals surface area contributed by atoms with Crippen molar-refractivity contribution in [1.82, 2.24) is 25.0 Å². The Balaban J connectivity index is 1.83. The number of nitrogens with one attached hydrogen (secondary N) is 2. The number of hydrogen-bond acceptors (Lipinski definition) is 7. The van der Waals surface area contributed by atoms with Gasteiger partial charge in [0.2, 0.25) is 11.6 Å². The number of nitriles is 1. The molecule has 0 unspecified atom stereocenters. The third kappa shape index (κ3) is 3.56. The first kappa shape index (κ1) is 20.3. The number of halogens is 2. The van der Waals surface area contributed by atoms with E-state index in [-0.39, 0.29) is 32.9 Å². The van der Waals surface area contributed by atoms with Gasteiger partial charge in [-0.05, 0) is 30.7 Å². The molecule has 12 heteroatoms. The number of aryl methyl sites for hydroxylation is 1. The molecule has 0 radical (unpaired) electrons. The quantitative estimate of drug-likeness (QED) is 0.480. The lowest BCUT2D eigenvalue weighted by Crippen LogP contribution is -2.33. The van der Waals surface area contributed by atoms with Crippen molar-refractivity contribution < 1.29 is 4.74 Å². The van der Waals surface area contributed by atoms with Gasteiger partial charge >= 0.3 is 5.69 Å². The van der Waals surface area contributed by atoms with Crippen molar-refractivity contribution in [3.05, 3.63) is 82.8 Å². The SMILES string of the molecule is Cc1cccc2c(Oc3c(Cl)cc(-n4nc(C#N)c(=O)[nH]c4=O)cc3Cl)n[nH]c(=O)c12. The lowest BCUT2D eigenvalue weighted by molar-refractivity contribution is 0.461. The van der Waals surface area contributed by atoms with Gasteiger partial charge in [-0.25, -0.2) is 9.89 Å². The molecule has 0 saturated heterocycles. The van der Waals surface area contributed by atoms with Gasteiger partial charge < -0.3 is 4.74 Å². The molecule has 0 aliphatic heterocycles. The van der Waals surface area contributed by atoms with Crippen molar-refractivity contribution >= 4 is 34.0 Å². The molecular weight excluding hydrogens is 447 g/mol. The Kier molecular flexibility index (Phi) is 5.06. The average Bonchev–Trinajstić information content (AvgIpc) is 2.72. The van der Waals surface area contributed by atoms with Gasteiger partial charge in [0.15, 0.2) is 5.75 Å². The molecular formula is C19H10Cl2N6O4. The van der Waals surface area contributed by atoms with Crippen molar-refractivity contribution in [2.45, 2.75) is 6.92 Å². The van der Waals surface area contributed by atoms with Crippen LogP contribution in [0.1, 0.15) is 11.3 Å². The number of benzene rings is 2. The average molecular weight is 457 g/mol. The zero-order valence-corrected chi connectivity index (χ0v) is 17.1. The Hall–Kier alpha value is -3.94. The van der Waals surface area contributed by atoms with Crippen LogP contribution in [0.25, 0.3) is 16.5 Å². The molecule has 0 aliphatic carbocycles. The fourth-order valence-corrected chi connectivity index (χ4v) is 3.51. The summed E-state index contributed by atoms with van der Waals surface area (Å²) in [6, 6.07) is 9.42. The molecule has 2 aromatic carbocycles. The second kappa shape index (κ2) is 7.71. The summed E-state index contributed by atoms with van der Waals surface area (Å²) in [5.74, 6) is 0.0911. The van der Waals surface area contributed by atoms with Crippen molar-refractivity contribution in [2.24, 2.45) is 0 Å². The zero-order valence-electron chi connectivity index (χ0n) is 15.6. The highest BCUT2D eigenvalue weighted by Gasteiger charge is 2.17. The van der Waals surface area contributed by atoms with Gasteiger partial charge in [0, 0.05) is 0 Å². The fraction of sp³-hybridized carbons (Fsp3) is 0.0526. The van der Waals surface area contributed by atoms with E-state index in [0.29, 0.717) is 10.8 Å². The van der Waals surface area contributed by atoms with Crippen LogP contribution in [0.3, 0.4) is 0 Å². The summed E-state index contributed by atoms with van der Waals surface area (Å²) in [5.41, 5.74) is -1.84. The maximum absolute atomic E-state index is 12.1. The Morgan fingerprint density at radius 2 is 1.84 bits per heavy atom. The number of rotatable bonds is 3. The fourth-order valence-electron chi connectivity index (χ4n) is 2.95. The van der Waals surface area contributed by atoms with Gasteiger partial charge in [-0.2, -0.15) is 9.94 Å². The summed E-state index contributed by atoms with van der Waals surface area (Å²) >= 11 is 12.6. The number of hydrogen-bond donors (Lipinski definition) is 2.